The quantitative estimate of drug-likeness (QED) is 0.650. The number of anilines is 1. The molecule has 1 aromatic carbocycles. The summed E-state index contributed by atoms with van der Waals surface area (Å²) in [5, 5.41) is 2.80. The highest BCUT2D eigenvalue weighted by Gasteiger charge is 2.58. The molecule has 1 N–H and O–H groups in total. The van der Waals surface area contributed by atoms with E-state index in [1.165, 1.54) is 13.8 Å². The highest BCUT2D eigenvalue weighted by atomic mass is 16.2. The molecule has 2 fully saturated rings. The topological polar surface area (TPSA) is 86.8 Å². The fourth-order valence-corrected chi connectivity index (χ4v) is 3.23. The van der Waals surface area contributed by atoms with E-state index in [0.717, 1.165) is 0 Å². The maximum absolute atomic E-state index is 12.9. The summed E-state index contributed by atoms with van der Waals surface area (Å²) in [6, 6.07) is 6.64. The van der Waals surface area contributed by atoms with E-state index in [9.17, 15) is 19.2 Å². The van der Waals surface area contributed by atoms with Gasteiger partial charge >= 0.3 is 0 Å². The normalized spacial score (nSPS) is 18.2. The van der Waals surface area contributed by atoms with Crippen LogP contribution in [0.2, 0.25) is 0 Å². The second-order valence-electron chi connectivity index (χ2n) is 6.97. The maximum Gasteiger partial charge on any atom is 0.240 e. The summed E-state index contributed by atoms with van der Waals surface area (Å²) in [5.41, 5.74) is 0.154. The van der Waals surface area contributed by atoms with Crippen LogP contribution < -0.4 is 5.32 Å². The van der Waals surface area contributed by atoms with Crippen LogP contribution in [-0.2, 0) is 14.4 Å². The van der Waals surface area contributed by atoms with Gasteiger partial charge in [-0.05, 0) is 44.0 Å². The molecule has 3 amide bonds. The Kier molecular flexibility index (Phi) is 4.80. The van der Waals surface area contributed by atoms with Crippen LogP contribution in [-0.4, -0.2) is 59.5 Å². The van der Waals surface area contributed by atoms with E-state index in [4.69, 9.17) is 0 Å². The molecule has 1 saturated carbocycles. The summed E-state index contributed by atoms with van der Waals surface area (Å²) in [6.45, 7) is 4.93. The van der Waals surface area contributed by atoms with Gasteiger partial charge in [-0.15, -0.1) is 0 Å². The molecule has 7 nitrogen and oxygen atoms in total. The fraction of sp³-hybridized carbons (Fsp3) is 0.474. The SMILES string of the molecule is CC(=O)c1ccc(NC(=O)C2(C(=O)N3CCN(C(C)=O)CC3)CC2)cc1. The van der Waals surface area contributed by atoms with E-state index in [1.54, 1.807) is 34.1 Å². The van der Waals surface area contributed by atoms with Crippen LogP contribution in [0.3, 0.4) is 0 Å². The first-order valence-electron chi connectivity index (χ1n) is 8.81. The van der Waals surface area contributed by atoms with Crippen LogP contribution in [0, 0.1) is 5.41 Å². The van der Waals surface area contributed by atoms with Gasteiger partial charge in [0.25, 0.3) is 0 Å². The molecule has 0 aromatic heterocycles. The lowest BCUT2D eigenvalue weighted by Gasteiger charge is -2.35. The lowest BCUT2D eigenvalue weighted by Crippen LogP contribution is -2.53. The van der Waals surface area contributed by atoms with Crippen molar-refractivity contribution in [1.82, 2.24) is 9.80 Å². The van der Waals surface area contributed by atoms with Gasteiger partial charge in [0.15, 0.2) is 5.78 Å². The van der Waals surface area contributed by atoms with Gasteiger partial charge in [0.2, 0.25) is 17.7 Å². The lowest BCUT2D eigenvalue weighted by molar-refractivity contribution is -0.146. The summed E-state index contributed by atoms with van der Waals surface area (Å²) < 4.78 is 0. The van der Waals surface area contributed by atoms with Gasteiger partial charge in [0.05, 0.1) is 0 Å². The van der Waals surface area contributed by atoms with Crippen LogP contribution in [0.5, 0.6) is 0 Å². The third kappa shape index (κ3) is 3.47. The van der Waals surface area contributed by atoms with Crippen molar-refractivity contribution in [2.24, 2.45) is 5.41 Å². The van der Waals surface area contributed by atoms with Gasteiger partial charge in [-0.3, -0.25) is 19.2 Å². The average molecular weight is 357 g/mol. The Morgan fingerprint density at radius 1 is 0.885 bits per heavy atom. The zero-order valence-corrected chi connectivity index (χ0v) is 15.1. The van der Waals surface area contributed by atoms with Crippen LogP contribution in [0.4, 0.5) is 5.69 Å². The molecule has 1 aromatic rings. The van der Waals surface area contributed by atoms with Crippen LogP contribution >= 0.6 is 0 Å². The number of amides is 3. The first-order chi connectivity index (χ1) is 12.3. The smallest absolute Gasteiger partial charge is 0.240 e. The largest absolute Gasteiger partial charge is 0.339 e. The molecule has 7 heteroatoms. The summed E-state index contributed by atoms with van der Waals surface area (Å²) >= 11 is 0. The molecule has 0 spiro atoms. The van der Waals surface area contributed by atoms with E-state index >= 15 is 0 Å². The van der Waals surface area contributed by atoms with Crippen LogP contribution in [0.25, 0.3) is 0 Å². The van der Waals surface area contributed by atoms with Crippen molar-refractivity contribution in [3.05, 3.63) is 29.8 Å². The van der Waals surface area contributed by atoms with Gasteiger partial charge in [-0.1, -0.05) is 0 Å². The zero-order valence-electron chi connectivity index (χ0n) is 15.1. The maximum atomic E-state index is 12.9. The number of carbonyl (C=O) groups is 4. The molecule has 1 saturated heterocycles. The monoisotopic (exact) mass is 357 g/mol. The van der Waals surface area contributed by atoms with Gasteiger partial charge in [0.1, 0.15) is 5.41 Å². The van der Waals surface area contributed by atoms with Crippen LogP contribution in [0.15, 0.2) is 24.3 Å². The number of piperazine rings is 1. The lowest BCUT2D eigenvalue weighted by atomic mass is 10.0. The van der Waals surface area contributed by atoms with Crippen molar-refractivity contribution in [2.75, 3.05) is 31.5 Å². The van der Waals surface area contributed by atoms with Crippen molar-refractivity contribution in [3.8, 4) is 0 Å². The second kappa shape index (κ2) is 6.90. The van der Waals surface area contributed by atoms with E-state index in [-0.39, 0.29) is 23.5 Å². The van der Waals surface area contributed by atoms with Gasteiger partial charge < -0.3 is 15.1 Å². The molecule has 26 heavy (non-hydrogen) atoms. The fourth-order valence-electron chi connectivity index (χ4n) is 3.23. The number of benzene rings is 1. The predicted molar refractivity (Wildman–Crippen MR) is 95.6 cm³/mol. The molecule has 0 bridgehead atoms. The molecule has 1 aliphatic carbocycles. The Hall–Kier alpha value is -2.70. The molecule has 2 aliphatic rings. The zero-order chi connectivity index (χ0) is 18.9. The molecule has 3 rings (SSSR count). The third-order valence-electron chi connectivity index (χ3n) is 5.16. The molecular weight excluding hydrogens is 334 g/mol. The Balaban J connectivity index is 1.62. The van der Waals surface area contributed by atoms with Gasteiger partial charge in [-0.2, -0.15) is 0 Å². The minimum absolute atomic E-state index is 0.00462. The summed E-state index contributed by atoms with van der Waals surface area (Å²) in [4.78, 5) is 51.6. The number of hydrogen-bond donors (Lipinski definition) is 1. The molecule has 0 unspecified atom stereocenters. The van der Waals surface area contributed by atoms with E-state index in [2.05, 4.69) is 5.32 Å². The highest BCUT2D eigenvalue weighted by molar-refractivity contribution is 6.13. The number of nitrogens with one attached hydrogen (secondary N) is 1. The van der Waals surface area contributed by atoms with Crippen molar-refractivity contribution >= 4 is 29.2 Å². The number of nitrogens with zero attached hydrogens (tertiary/aromatic N) is 2. The number of rotatable bonds is 4. The van der Waals surface area contributed by atoms with Crippen molar-refractivity contribution in [2.45, 2.75) is 26.7 Å². The first kappa shape index (κ1) is 18.1. The Labute approximate surface area is 152 Å². The summed E-state index contributed by atoms with van der Waals surface area (Å²) in [5.74, 6) is -0.489. The molecule has 1 heterocycles. The molecule has 0 radical (unpaired) electrons. The van der Waals surface area contributed by atoms with E-state index in [0.29, 0.717) is 50.3 Å². The summed E-state index contributed by atoms with van der Waals surface area (Å²) in [7, 11) is 0. The van der Waals surface area contributed by atoms with Crippen molar-refractivity contribution < 1.29 is 19.2 Å². The minimum atomic E-state index is -0.988. The van der Waals surface area contributed by atoms with Gasteiger partial charge in [-0.25, -0.2) is 0 Å². The minimum Gasteiger partial charge on any atom is -0.339 e. The van der Waals surface area contributed by atoms with Crippen molar-refractivity contribution in [1.29, 1.82) is 0 Å². The van der Waals surface area contributed by atoms with E-state index in [1.807, 2.05) is 0 Å². The number of ketones is 1. The molecule has 0 atom stereocenters. The Bertz CT molecular complexity index is 745. The van der Waals surface area contributed by atoms with E-state index < -0.39 is 5.41 Å². The molecule has 1 aliphatic heterocycles. The number of hydrogen-bond acceptors (Lipinski definition) is 4. The Morgan fingerprint density at radius 2 is 1.42 bits per heavy atom. The van der Waals surface area contributed by atoms with Crippen molar-refractivity contribution in [3.63, 3.8) is 0 Å². The highest BCUT2D eigenvalue weighted by Crippen LogP contribution is 2.48. The number of Topliss-reactive ketones (excluding diaryl/α,β-unsaturated/α-hetero) is 1. The Morgan fingerprint density at radius 3 is 1.88 bits per heavy atom. The molecular formula is C19H23N3O4. The third-order valence-corrected chi connectivity index (χ3v) is 5.16. The predicted octanol–water partition coefficient (Wildman–Crippen LogP) is 1.30. The van der Waals surface area contributed by atoms with Gasteiger partial charge in [0, 0.05) is 44.4 Å². The summed E-state index contributed by atoms with van der Waals surface area (Å²) in [6.07, 6.45) is 1.08. The standard InChI is InChI=1S/C19H23N3O4/c1-13(23)15-3-5-16(6-4-15)20-17(25)19(7-8-19)18(26)22-11-9-21(10-12-22)14(2)24/h3-6H,7-12H2,1-2H3,(H,20,25). The first-order valence-corrected chi connectivity index (χ1v) is 8.81. The second-order valence-corrected chi connectivity index (χ2v) is 6.97. The van der Waals surface area contributed by atoms with Crippen LogP contribution in [0.1, 0.15) is 37.0 Å². The average Bonchev–Trinajstić information content (AvgIpc) is 3.43. The molecule has 138 valence electrons. The number of carbonyl (C=O) groups excluding carboxylic acids is 4.